The maximum absolute atomic E-state index is 12.0. The Labute approximate surface area is 147 Å². The van der Waals surface area contributed by atoms with Crippen LogP contribution in [0.4, 0.5) is 0 Å². The van der Waals surface area contributed by atoms with Gasteiger partial charge in [-0.15, -0.1) is 0 Å². The smallest absolute Gasteiger partial charge is 0.242 e. The van der Waals surface area contributed by atoms with Gasteiger partial charge in [-0.05, 0) is 29.2 Å². The third kappa shape index (κ3) is 4.79. The minimum Gasteiger partial charge on any atom is -0.389 e. The summed E-state index contributed by atoms with van der Waals surface area (Å²) in [6.45, 7) is 0. The van der Waals surface area contributed by atoms with E-state index in [0.717, 1.165) is 35.6 Å². The zero-order chi connectivity index (χ0) is 17.7. The second-order valence-corrected chi connectivity index (χ2v) is 6.92. The molecule has 3 rings (SSSR count). The number of nitrogens with one attached hydrogen (secondary N) is 2. The molecule has 5 heteroatoms. The molecule has 0 unspecified atom stereocenters. The largest absolute Gasteiger partial charge is 0.389 e. The minimum absolute atomic E-state index is 0.0310. The Morgan fingerprint density at radius 1 is 0.920 bits per heavy atom. The van der Waals surface area contributed by atoms with Crippen molar-refractivity contribution in [2.24, 2.45) is 0 Å². The Kier molecular flexibility index (Phi) is 5.34. The highest BCUT2D eigenvalue weighted by Gasteiger charge is 2.31. The average Bonchev–Trinajstić information content (AvgIpc) is 2.60. The number of rotatable bonds is 4. The number of benzene rings is 2. The summed E-state index contributed by atoms with van der Waals surface area (Å²) in [7, 11) is 0. The quantitative estimate of drug-likeness (QED) is 0.749. The zero-order valence-corrected chi connectivity index (χ0v) is 14.3. The summed E-state index contributed by atoms with van der Waals surface area (Å²) in [5.41, 5.74) is 4.81. The predicted molar refractivity (Wildman–Crippen MR) is 96.6 cm³/mol. The first-order valence-corrected chi connectivity index (χ1v) is 8.82. The molecule has 1 saturated carbocycles. The number of hydrogen-bond acceptors (Lipinski definition) is 3. The molecule has 5 nitrogen and oxygen atoms in total. The SMILES string of the molecule is O=C(Cc1ccc2ccccc2c1)NNC(=O)CC1(O)CCCCC1. The van der Waals surface area contributed by atoms with E-state index in [2.05, 4.69) is 10.9 Å². The van der Waals surface area contributed by atoms with Gasteiger partial charge in [0.2, 0.25) is 11.8 Å². The topological polar surface area (TPSA) is 78.4 Å². The van der Waals surface area contributed by atoms with E-state index >= 15 is 0 Å². The van der Waals surface area contributed by atoms with Crippen LogP contribution in [0.3, 0.4) is 0 Å². The second-order valence-electron chi connectivity index (χ2n) is 6.92. The standard InChI is InChI=1S/C20H24N2O3/c23-18(13-15-8-9-16-6-2-3-7-17(16)12-15)21-22-19(24)14-20(25)10-4-1-5-11-20/h2-3,6-9,12,25H,1,4-5,10-11,13-14H2,(H,21,23)(H,22,24). The van der Waals surface area contributed by atoms with Crippen LogP contribution in [0.25, 0.3) is 10.8 Å². The highest BCUT2D eigenvalue weighted by Crippen LogP contribution is 2.30. The first-order chi connectivity index (χ1) is 12.0. The van der Waals surface area contributed by atoms with E-state index in [-0.39, 0.29) is 24.7 Å². The van der Waals surface area contributed by atoms with Crippen molar-refractivity contribution in [3.63, 3.8) is 0 Å². The molecule has 1 aliphatic carbocycles. The molecule has 0 heterocycles. The summed E-state index contributed by atoms with van der Waals surface area (Å²) in [5.74, 6) is -0.629. The number of aliphatic hydroxyl groups is 1. The number of hydrogen-bond donors (Lipinski definition) is 3. The summed E-state index contributed by atoms with van der Waals surface area (Å²) in [6, 6.07) is 13.8. The monoisotopic (exact) mass is 340 g/mol. The fraction of sp³-hybridized carbons (Fsp3) is 0.400. The molecule has 0 bridgehead atoms. The molecule has 0 atom stereocenters. The van der Waals surface area contributed by atoms with Gasteiger partial charge < -0.3 is 5.11 Å². The number of fused-ring (bicyclic) bond motifs is 1. The van der Waals surface area contributed by atoms with E-state index < -0.39 is 5.60 Å². The molecule has 2 amide bonds. The van der Waals surface area contributed by atoms with Crippen LogP contribution in [-0.4, -0.2) is 22.5 Å². The Hall–Kier alpha value is -2.40. The highest BCUT2D eigenvalue weighted by molar-refractivity contribution is 5.86. The van der Waals surface area contributed by atoms with Crippen LogP contribution < -0.4 is 10.9 Å². The van der Waals surface area contributed by atoms with Gasteiger partial charge in [0.1, 0.15) is 0 Å². The van der Waals surface area contributed by atoms with Crippen LogP contribution in [0.15, 0.2) is 42.5 Å². The van der Waals surface area contributed by atoms with Gasteiger partial charge in [-0.25, -0.2) is 0 Å². The molecule has 1 aliphatic rings. The van der Waals surface area contributed by atoms with Crippen molar-refractivity contribution >= 4 is 22.6 Å². The van der Waals surface area contributed by atoms with Crippen molar-refractivity contribution in [2.75, 3.05) is 0 Å². The normalized spacial score (nSPS) is 16.4. The van der Waals surface area contributed by atoms with Crippen molar-refractivity contribution < 1.29 is 14.7 Å². The fourth-order valence-corrected chi connectivity index (χ4v) is 3.45. The van der Waals surface area contributed by atoms with Crippen molar-refractivity contribution in [1.82, 2.24) is 10.9 Å². The van der Waals surface area contributed by atoms with Gasteiger partial charge in [-0.2, -0.15) is 0 Å². The summed E-state index contributed by atoms with van der Waals surface area (Å²) in [4.78, 5) is 24.0. The number of hydrazine groups is 1. The van der Waals surface area contributed by atoms with E-state index in [1.807, 2.05) is 42.5 Å². The maximum atomic E-state index is 12.0. The summed E-state index contributed by atoms with van der Waals surface area (Å²) < 4.78 is 0. The highest BCUT2D eigenvalue weighted by atomic mass is 16.3. The summed E-state index contributed by atoms with van der Waals surface area (Å²) in [5, 5.41) is 12.6. The number of amides is 2. The lowest BCUT2D eigenvalue weighted by Crippen LogP contribution is -2.46. The molecule has 2 aromatic carbocycles. The van der Waals surface area contributed by atoms with Crippen LogP contribution in [0.2, 0.25) is 0 Å². The zero-order valence-electron chi connectivity index (χ0n) is 14.3. The molecule has 1 fully saturated rings. The van der Waals surface area contributed by atoms with Gasteiger partial charge in [-0.3, -0.25) is 20.4 Å². The van der Waals surface area contributed by atoms with E-state index in [1.165, 1.54) is 0 Å². The molecule has 0 saturated heterocycles. The van der Waals surface area contributed by atoms with E-state index in [9.17, 15) is 14.7 Å². The van der Waals surface area contributed by atoms with Crippen LogP contribution in [0.5, 0.6) is 0 Å². The van der Waals surface area contributed by atoms with Gasteiger partial charge in [-0.1, -0.05) is 61.7 Å². The lowest BCUT2D eigenvalue weighted by atomic mass is 9.82. The predicted octanol–water partition coefficient (Wildman–Crippen LogP) is 2.62. The molecule has 0 aliphatic heterocycles. The van der Waals surface area contributed by atoms with Crippen LogP contribution in [0.1, 0.15) is 44.1 Å². The van der Waals surface area contributed by atoms with Gasteiger partial charge in [0.15, 0.2) is 0 Å². The maximum Gasteiger partial charge on any atom is 0.242 e. The molecule has 3 N–H and O–H groups in total. The number of carbonyl (C=O) groups excluding carboxylic acids is 2. The minimum atomic E-state index is -0.925. The first-order valence-electron chi connectivity index (χ1n) is 8.82. The second kappa shape index (κ2) is 7.66. The molecule has 25 heavy (non-hydrogen) atoms. The molecule has 0 radical (unpaired) electrons. The Balaban J connectivity index is 1.49. The van der Waals surface area contributed by atoms with Gasteiger partial charge in [0, 0.05) is 0 Å². The van der Waals surface area contributed by atoms with Crippen LogP contribution in [-0.2, 0) is 16.0 Å². The fourth-order valence-electron chi connectivity index (χ4n) is 3.45. The lowest BCUT2D eigenvalue weighted by molar-refractivity contribution is -0.132. The average molecular weight is 340 g/mol. The third-order valence-corrected chi connectivity index (χ3v) is 4.79. The van der Waals surface area contributed by atoms with Crippen molar-refractivity contribution in [2.45, 2.75) is 50.5 Å². The van der Waals surface area contributed by atoms with E-state index in [1.54, 1.807) is 0 Å². The van der Waals surface area contributed by atoms with Crippen LogP contribution >= 0.6 is 0 Å². The van der Waals surface area contributed by atoms with Crippen molar-refractivity contribution in [3.05, 3.63) is 48.0 Å². The van der Waals surface area contributed by atoms with Gasteiger partial charge in [0.05, 0.1) is 18.4 Å². The van der Waals surface area contributed by atoms with Crippen molar-refractivity contribution in [1.29, 1.82) is 0 Å². The molecule has 0 spiro atoms. The molecule has 132 valence electrons. The Morgan fingerprint density at radius 2 is 1.60 bits per heavy atom. The Bertz CT molecular complexity index is 766. The molecule has 0 aromatic heterocycles. The number of carbonyl (C=O) groups is 2. The Morgan fingerprint density at radius 3 is 2.36 bits per heavy atom. The molecule has 2 aromatic rings. The summed E-state index contributed by atoms with van der Waals surface area (Å²) >= 11 is 0. The van der Waals surface area contributed by atoms with Crippen molar-refractivity contribution in [3.8, 4) is 0 Å². The summed E-state index contributed by atoms with van der Waals surface area (Å²) in [6.07, 6.45) is 4.50. The molecular formula is C20H24N2O3. The van der Waals surface area contributed by atoms with Crippen LogP contribution in [0, 0.1) is 0 Å². The first kappa shape index (κ1) is 17.4. The van der Waals surface area contributed by atoms with E-state index in [0.29, 0.717) is 12.8 Å². The lowest BCUT2D eigenvalue weighted by Gasteiger charge is -2.31. The third-order valence-electron chi connectivity index (χ3n) is 4.79. The van der Waals surface area contributed by atoms with Gasteiger partial charge >= 0.3 is 0 Å². The van der Waals surface area contributed by atoms with Gasteiger partial charge in [0.25, 0.3) is 0 Å². The van der Waals surface area contributed by atoms with E-state index in [4.69, 9.17) is 0 Å². The molecular weight excluding hydrogens is 316 g/mol.